The van der Waals surface area contributed by atoms with Crippen LogP contribution < -0.4 is 5.32 Å². The molecule has 0 aromatic rings. The second-order valence-electron chi connectivity index (χ2n) is 7.10. The maximum absolute atomic E-state index is 6.05. The Morgan fingerprint density at radius 3 is 2.70 bits per heavy atom. The summed E-state index contributed by atoms with van der Waals surface area (Å²) in [6, 6.07) is 1.36. The lowest BCUT2D eigenvalue weighted by atomic mass is 9.81. The van der Waals surface area contributed by atoms with E-state index in [4.69, 9.17) is 9.47 Å². The lowest BCUT2D eigenvalue weighted by molar-refractivity contribution is -0.0912. The molecule has 3 nitrogen and oxygen atoms in total. The van der Waals surface area contributed by atoms with Crippen molar-refractivity contribution in [2.45, 2.75) is 82.4 Å². The van der Waals surface area contributed by atoms with Crippen LogP contribution in [0, 0.1) is 5.92 Å². The van der Waals surface area contributed by atoms with Crippen LogP contribution in [0.5, 0.6) is 0 Å². The highest BCUT2D eigenvalue weighted by Gasteiger charge is 2.41. The lowest BCUT2D eigenvalue weighted by Crippen LogP contribution is -2.51. The summed E-state index contributed by atoms with van der Waals surface area (Å²) in [4.78, 5) is 0. The van der Waals surface area contributed by atoms with Gasteiger partial charge in [-0.05, 0) is 38.0 Å². The first-order chi connectivity index (χ1) is 9.81. The first-order valence-electron chi connectivity index (χ1n) is 8.79. The molecular weight excluding hydrogens is 250 g/mol. The van der Waals surface area contributed by atoms with Crippen molar-refractivity contribution in [2.75, 3.05) is 19.8 Å². The molecule has 1 spiro atoms. The third kappa shape index (κ3) is 3.37. The van der Waals surface area contributed by atoms with Gasteiger partial charge in [0, 0.05) is 31.7 Å². The Morgan fingerprint density at radius 2 is 2.00 bits per heavy atom. The molecule has 3 rings (SSSR count). The van der Waals surface area contributed by atoms with Gasteiger partial charge in [-0.3, -0.25) is 0 Å². The highest BCUT2D eigenvalue weighted by Crippen LogP contribution is 2.34. The van der Waals surface area contributed by atoms with Crippen molar-refractivity contribution < 1.29 is 9.47 Å². The number of hydrogen-bond acceptors (Lipinski definition) is 3. The van der Waals surface area contributed by atoms with E-state index in [2.05, 4.69) is 12.2 Å². The summed E-state index contributed by atoms with van der Waals surface area (Å²) in [7, 11) is 0. The van der Waals surface area contributed by atoms with E-state index in [9.17, 15) is 0 Å². The van der Waals surface area contributed by atoms with Gasteiger partial charge in [-0.2, -0.15) is 0 Å². The van der Waals surface area contributed by atoms with Crippen LogP contribution in [0.4, 0.5) is 0 Å². The third-order valence-corrected chi connectivity index (χ3v) is 5.67. The number of ether oxygens (including phenoxy) is 2. The quantitative estimate of drug-likeness (QED) is 0.858. The molecule has 0 aromatic heterocycles. The van der Waals surface area contributed by atoms with Crippen LogP contribution in [0.3, 0.4) is 0 Å². The third-order valence-electron chi connectivity index (χ3n) is 5.67. The van der Waals surface area contributed by atoms with E-state index in [1.165, 1.54) is 44.9 Å². The average Bonchev–Trinajstić information content (AvgIpc) is 2.93. The second-order valence-corrected chi connectivity index (χ2v) is 7.10. The minimum absolute atomic E-state index is 0.0424. The van der Waals surface area contributed by atoms with Gasteiger partial charge in [0.15, 0.2) is 0 Å². The standard InChI is InChI=1S/C17H31NO2/c1-2-16(14-6-4-3-5-7-14)18-15-8-10-20-17(12-15)9-11-19-13-17/h14-16,18H,2-13H2,1H3. The summed E-state index contributed by atoms with van der Waals surface area (Å²) in [6.45, 7) is 4.94. The summed E-state index contributed by atoms with van der Waals surface area (Å²) in [6.07, 6.45) is 11.9. The zero-order valence-electron chi connectivity index (χ0n) is 13.0. The van der Waals surface area contributed by atoms with Crippen molar-refractivity contribution in [1.29, 1.82) is 0 Å². The first-order valence-corrected chi connectivity index (χ1v) is 8.79. The van der Waals surface area contributed by atoms with E-state index < -0.39 is 0 Å². The van der Waals surface area contributed by atoms with Crippen molar-refractivity contribution in [3.63, 3.8) is 0 Å². The molecule has 1 N–H and O–H groups in total. The van der Waals surface area contributed by atoms with Gasteiger partial charge >= 0.3 is 0 Å². The van der Waals surface area contributed by atoms with Crippen molar-refractivity contribution in [1.82, 2.24) is 5.32 Å². The summed E-state index contributed by atoms with van der Waals surface area (Å²) in [5, 5.41) is 3.99. The Kier molecular flexibility index (Phi) is 5.00. The molecule has 3 heteroatoms. The van der Waals surface area contributed by atoms with E-state index in [0.29, 0.717) is 6.04 Å². The fourth-order valence-corrected chi connectivity index (χ4v) is 4.46. The van der Waals surface area contributed by atoms with Gasteiger partial charge in [0.2, 0.25) is 0 Å². The van der Waals surface area contributed by atoms with Crippen LogP contribution >= 0.6 is 0 Å². The largest absolute Gasteiger partial charge is 0.378 e. The predicted octanol–water partition coefficient (Wildman–Crippen LogP) is 3.27. The van der Waals surface area contributed by atoms with Gasteiger partial charge in [-0.25, -0.2) is 0 Å². The fraction of sp³-hybridized carbons (Fsp3) is 1.00. The summed E-state index contributed by atoms with van der Waals surface area (Å²) in [5.41, 5.74) is 0.0424. The van der Waals surface area contributed by atoms with Gasteiger partial charge in [0.05, 0.1) is 12.2 Å². The molecule has 1 aliphatic carbocycles. The molecule has 3 fully saturated rings. The SMILES string of the molecule is CCC(NC1CCOC2(CCOC2)C1)C1CCCCC1. The Morgan fingerprint density at radius 1 is 1.15 bits per heavy atom. The van der Waals surface area contributed by atoms with Gasteiger partial charge in [0.25, 0.3) is 0 Å². The number of rotatable bonds is 4. The Bertz CT molecular complexity index is 295. The molecule has 2 saturated heterocycles. The van der Waals surface area contributed by atoms with E-state index in [0.717, 1.165) is 44.6 Å². The first kappa shape index (κ1) is 14.8. The number of nitrogens with one attached hydrogen (secondary N) is 1. The van der Waals surface area contributed by atoms with Crippen molar-refractivity contribution in [3.8, 4) is 0 Å². The number of hydrogen-bond donors (Lipinski definition) is 1. The van der Waals surface area contributed by atoms with Crippen LogP contribution in [-0.2, 0) is 9.47 Å². The smallest absolute Gasteiger partial charge is 0.0951 e. The molecule has 1 saturated carbocycles. The Balaban J connectivity index is 1.54. The van der Waals surface area contributed by atoms with Gasteiger partial charge in [-0.15, -0.1) is 0 Å². The van der Waals surface area contributed by atoms with E-state index in [1.807, 2.05) is 0 Å². The van der Waals surface area contributed by atoms with E-state index in [1.54, 1.807) is 0 Å². The van der Waals surface area contributed by atoms with Gasteiger partial charge in [-0.1, -0.05) is 26.2 Å². The molecule has 0 amide bonds. The molecule has 3 aliphatic rings. The van der Waals surface area contributed by atoms with Crippen molar-refractivity contribution in [3.05, 3.63) is 0 Å². The molecule has 0 bridgehead atoms. The minimum Gasteiger partial charge on any atom is -0.378 e. The summed E-state index contributed by atoms with van der Waals surface area (Å²) < 4.78 is 11.6. The monoisotopic (exact) mass is 281 g/mol. The minimum atomic E-state index is 0.0424. The van der Waals surface area contributed by atoms with E-state index in [-0.39, 0.29) is 5.60 Å². The predicted molar refractivity (Wildman–Crippen MR) is 80.9 cm³/mol. The molecule has 3 unspecified atom stereocenters. The topological polar surface area (TPSA) is 30.5 Å². The molecule has 116 valence electrons. The molecule has 3 atom stereocenters. The normalized spacial score (nSPS) is 37.4. The highest BCUT2D eigenvalue weighted by molar-refractivity contribution is 4.94. The molecule has 20 heavy (non-hydrogen) atoms. The van der Waals surface area contributed by atoms with Crippen molar-refractivity contribution >= 4 is 0 Å². The zero-order chi connectivity index (χ0) is 13.8. The summed E-state index contributed by atoms with van der Waals surface area (Å²) >= 11 is 0. The molecule has 0 aromatic carbocycles. The average molecular weight is 281 g/mol. The van der Waals surface area contributed by atoms with Gasteiger partial charge in [0.1, 0.15) is 0 Å². The van der Waals surface area contributed by atoms with Crippen LogP contribution in [0.25, 0.3) is 0 Å². The molecule has 0 radical (unpaired) electrons. The second kappa shape index (κ2) is 6.76. The summed E-state index contributed by atoms with van der Waals surface area (Å²) in [5.74, 6) is 0.910. The van der Waals surface area contributed by atoms with Crippen LogP contribution in [0.15, 0.2) is 0 Å². The zero-order valence-corrected chi connectivity index (χ0v) is 13.0. The fourth-order valence-electron chi connectivity index (χ4n) is 4.46. The van der Waals surface area contributed by atoms with Crippen LogP contribution in [-0.4, -0.2) is 37.5 Å². The van der Waals surface area contributed by atoms with Crippen molar-refractivity contribution in [2.24, 2.45) is 5.92 Å². The van der Waals surface area contributed by atoms with Gasteiger partial charge < -0.3 is 14.8 Å². The lowest BCUT2D eigenvalue weighted by Gasteiger charge is -2.40. The highest BCUT2D eigenvalue weighted by atomic mass is 16.6. The molecular formula is C17H31NO2. The van der Waals surface area contributed by atoms with Crippen LogP contribution in [0.1, 0.15) is 64.7 Å². The molecule has 2 aliphatic heterocycles. The van der Waals surface area contributed by atoms with Crippen LogP contribution in [0.2, 0.25) is 0 Å². The Hall–Kier alpha value is -0.120. The molecule has 2 heterocycles. The van der Waals surface area contributed by atoms with E-state index >= 15 is 0 Å². The maximum Gasteiger partial charge on any atom is 0.0951 e. The Labute approximate surface area is 123 Å². The maximum atomic E-state index is 6.05.